The molecule has 1 aromatic carbocycles. The van der Waals surface area contributed by atoms with E-state index in [0.717, 1.165) is 37.9 Å². The number of thiophene rings is 1. The van der Waals surface area contributed by atoms with E-state index >= 15 is 0 Å². The van der Waals surface area contributed by atoms with Gasteiger partial charge in [-0.25, -0.2) is 13.1 Å². The summed E-state index contributed by atoms with van der Waals surface area (Å²) in [6.07, 6.45) is 3.94. The maximum Gasteiger partial charge on any atom is 0.216 e. The van der Waals surface area contributed by atoms with Crippen LogP contribution in [0.5, 0.6) is 0 Å². The van der Waals surface area contributed by atoms with E-state index in [-0.39, 0.29) is 6.04 Å². The average Bonchev–Trinajstić information content (AvgIpc) is 3.15. The molecule has 148 valence electrons. The van der Waals surface area contributed by atoms with Gasteiger partial charge in [0.15, 0.2) is 0 Å². The van der Waals surface area contributed by atoms with Crippen LogP contribution in [0.25, 0.3) is 10.4 Å². The standard InChI is InChI=1S/C21H30N2O2S2/c1-21(2,3)27(24,25)23-19-10-6-16(7-11-19)15-22-18-12-8-17(9-13-18)20-5-4-14-26-20/h4-5,8-9,12-14,16,19,22-23H,6-7,10-11,15H2,1-3H3/t16-,19-. The van der Waals surface area contributed by atoms with E-state index in [4.69, 9.17) is 0 Å². The molecule has 1 heterocycles. The second-order valence-corrected chi connectivity index (χ2v) is 11.8. The third-order valence-electron chi connectivity index (χ3n) is 5.26. The quantitative estimate of drug-likeness (QED) is 0.701. The highest BCUT2D eigenvalue weighted by molar-refractivity contribution is 7.90. The summed E-state index contributed by atoms with van der Waals surface area (Å²) in [5.74, 6) is 0.595. The molecule has 1 aliphatic rings. The highest BCUT2D eigenvalue weighted by atomic mass is 32.2. The average molecular weight is 407 g/mol. The number of hydrogen-bond donors (Lipinski definition) is 2. The van der Waals surface area contributed by atoms with Crippen LogP contribution in [-0.4, -0.2) is 25.8 Å². The van der Waals surface area contributed by atoms with Crippen molar-refractivity contribution in [2.75, 3.05) is 11.9 Å². The summed E-state index contributed by atoms with van der Waals surface area (Å²) in [4.78, 5) is 1.29. The predicted octanol–water partition coefficient (Wildman–Crippen LogP) is 5.10. The maximum absolute atomic E-state index is 12.3. The largest absolute Gasteiger partial charge is 0.385 e. The number of sulfonamides is 1. The molecular weight excluding hydrogens is 376 g/mol. The third kappa shape index (κ3) is 5.33. The van der Waals surface area contributed by atoms with Gasteiger partial charge in [0.2, 0.25) is 10.0 Å². The van der Waals surface area contributed by atoms with Gasteiger partial charge in [0.25, 0.3) is 0 Å². The molecule has 6 heteroatoms. The minimum absolute atomic E-state index is 0.0792. The molecule has 1 aromatic heterocycles. The van der Waals surface area contributed by atoms with Crippen LogP contribution in [0.1, 0.15) is 46.5 Å². The summed E-state index contributed by atoms with van der Waals surface area (Å²) in [7, 11) is -3.26. The van der Waals surface area contributed by atoms with Crippen molar-refractivity contribution in [1.29, 1.82) is 0 Å². The second kappa shape index (κ2) is 8.33. The molecule has 0 atom stereocenters. The van der Waals surface area contributed by atoms with E-state index in [1.54, 1.807) is 32.1 Å². The first-order chi connectivity index (χ1) is 12.7. The number of nitrogens with one attached hydrogen (secondary N) is 2. The first-order valence-corrected chi connectivity index (χ1v) is 12.0. The fraction of sp³-hybridized carbons (Fsp3) is 0.524. The fourth-order valence-electron chi connectivity index (χ4n) is 3.34. The van der Waals surface area contributed by atoms with E-state index in [1.807, 2.05) is 0 Å². The van der Waals surface area contributed by atoms with Crippen LogP contribution in [0.4, 0.5) is 5.69 Å². The van der Waals surface area contributed by atoms with Gasteiger partial charge >= 0.3 is 0 Å². The molecule has 27 heavy (non-hydrogen) atoms. The van der Waals surface area contributed by atoms with Crippen molar-refractivity contribution in [2.24, 2.45) is 5.92 Å². The Hall–Kier alpha value is -1.37. The van der Waals surface area contributed by atoms with Crippen LogP contribution in [0.3, 0.4) is 0 Å². The Kier molecular flexibility index (Phi) is 6.28. The Balaban J connectivity index is 1.45. The first-order valence-electron chi connectivity index (χ1n) is 9.64. The Labute approximate surface area is 167 Å². The lowest BCUT2D eigenvalue weighted by Crippen LogP contribution is -2.46. The van der Waals surface area contributed by atoms with Gasteiger partial charge in [-0.15, -0.1) is 11.3 Å². The summed E-state index contributed by atoms with van der Waals surface area (Å²) in [6.45, 7) is 6.18. The SMILES string of the molecule is CC(C)(C)S(=O)(=O)N[C@H]1CC[C@H](CNc2ccc(-c3cccs3)cc2)CC1. The van der Waals surface area contributed by atoms with E-state index in [0.29, 0.717) is 5.92 Å². The second-order valence-electron chi connectivity index (χ2n) is 8.39. The lowest BCUT2D eigenvalue weighted by atomic mass is 9.86. The zero-order chi connectivity index (χ0) is 19.5. The van der Waals surface area contributed by atoms with E-state index in [2.05, 4.69) is 51.8 Å². The predicted molar refractivity (Wildman–Crippen MR) is 116 cm³/mol. The monoisotopic (exact) mass is 406 g/mol. The Bertz CT molecular complexity index is 814. The van der Waals surface area contributed by atoms with Gasteiger partial charge in [0.1, 0.15) is 0 Å². The number of rotatable bonds is 6. The smallest absolute Gasteiger partial charge is 0.216 e. The normalized spacial score (nSPS) is 21.1. The summed E-state index contributed by atoms with van der Waals surface area (Å²) >= 11 is 1.75. The van der Waals surface area contributed by atoms with Crippen molar-refractivity contribution >= 4 is 27.0 Å². The maximum atomic E-state index is 12.3. The molecule has 1 aliphatic carbocycles. The van der Waals surface area contributed by atoms with Crippen LogP contribution >= 0.6 is 11.3 Å². The Morgan fingerprint density at radius 2 is 1.70 bits per heavy atom. The molecule has 2 aromatic rings. The van der Waals surface area contributed by atoms with Crippen molar-refractivity contribution in [3.05, 3.63) is 41.8 Å². The van der Waals surface area contributed by atoms with Crippen LogP contribution in [0, 0.1) is 5.92 Å². The topological polar surface area (TPSA) is 58.2 Å². The molecular formula is C21H30N2O2S2. The lowest BCUT2D eigenvalue weighted by molar-refractivity contribution is 0.322. The highest BCUT2D eigenvalue weighted by Gasteiger charge is 2.32. The van der Waals surface area contributed by atoms with Gasteiger partial charge < -0.3 is 5.32 Å². The van der Waals surface area contributed by atoms with Crippen LogP contribution in [-0.2, 0) is 10.0 Å². The Morgan fingerprint density at radius 1 is 1.04 bits per heavy atom. The summed E-state index contributed by atoms with van der Waals surface area (Å²) in [6, 6.07) is 12.9. The number of anilines is 1. The van der Waals surface area contributed by atoms with Gasteiger partial charge in [0, 0.05) is 23.2 Å². The van der Waals surface area contributed by atoms with Crippen molar-refractivity contribution in [3.8, 4) is 10.4 Å². The molecule has 4 nitrogen and oxygen atoms in total. The van der Waals surface area contributed by atoms with Crippen LogP contribution in [0.2, 0.25) is 0 Å². The third-order valence-corrected chi connectivity index (χ3v) is 8.44. The summed E-state index contributed by atoms with van der Waals surface area (Å²) in [5, 5.41) is 5.64. The lowest BCUT2D eigenvalue weighted by Gasteiger charge is -2.31. The van der Waals surface area contributed by atoms with Gasteiger partial charge in [-0.05, 0) is 81.5 Å². The highest BCUT2D eigenvalue weighted by Crippen LogP contribution is 2.28. The van der Waals surface area contributed by atoms with Gasteiger partial charge in [-0.2, -0.15) is 0 Å². The first kappa shape index (κ1) is 20.4. The van der Waals surface area contributed by atoms with Crippen molar-refractivity contribution < 1.29 is 8.42 Å². The number of benzene rings is 1. The van der Waals surface area contributed by atoms with Crippen LogP contribution < -0.4 is 10.0 Å². The summed E-state index contributed by atoms with van der Waals surface area (Å²) in [5.41, 5.74) is 2.40. The van der Waals surface area contributed by atoms with Crippen molar-refractivity contribution in [3.63, 3.8) is 0 Å². The minimum Gasteiger partial charge on any atom is -0.385 e. The van der Waals surface area contributed by atoms with E-state index in [1.165, 1.54) is 10.4 Å². The van der Waals surface area contributed by atoms with E-state index in [9.17, 15) is 8.42 Å². The number of hydrogen-bond acceptors (Lipinski definition) is 4. The Morgan fingerprint density at radius 3 is 2.26 bits per heavy atom. The fourth-order valence-corrected chi connectivity index (χ4v) is 5.10. The van der Waals surface area contributed by atoms with E-state index < -0.39 is 14.8 Å². The molecule has 0 bridgehead atoms. The minimum atomic E-state index is -3.26. The molecule has 1 fully saturated rings. The zero-order valence-electron chi connectivity index (χ0n) is 16.4. The summed E-state index contributed by atoms with van der Waals surface area (Å²) < 4.78 is 26.8. The molecule has 3 rings (SSSR count). The van der Waals surface area contributed by atoms with Gasteiger partial charge in [0.05, 0.1) is 4.75 Å². The molecule has 1 saturated carbocycles. The van der Waals surface area contributed by atoms with Crippen molar-refractivity contribution in [1.82, 2.24) is 4.72 Å². The molecule has 0 unspecified atom stereocenters. The molecule has 0 radical (unpaired) electrons. The van der Waals surface area contributed by atoms with Gasteiger partial charge in [-0.1, -0.05) is 18.2 Å². The molecule has 0 saturated heterocycles. The molecule has 0 amide bonds. The van der Waals surface area contributed by atoms with Crippen molar-refractivity contribution in [2.45, 2.75) is 57.2 Å². The molecule has 2 N–H and O–H groups in total. The van der Waals surface area contributed by atoms with Crippen LogP contribution in [0.15, 0.2) is 41.8 Å². The molecule has 0 spiro atoms. The zero-order valence-corrected chi connectivity index (χ0v) is 18.0. The van der Waals surface area contributed by atoms with Gasteiger partial charge in [-0.3, -0.25) is 0 Å². The molecule has 0 aliphatic heterocycles.